The van der Waals surface area contributed by atoms with Gasteiger partial charge in [0.15, 0.2) is 0 Å². The first-order valence-electron chi connectivity index (χ1n) is 18.7. The van der Waals surface area contributed by atoms with E-state index in [0.717, 1.165) is 38.9 Å². The van der Waals surface area contributed by atoms with Crippen molar-refractivity contribution in [3.8, 4) is 0 Å². The Kier molecular flexibility index (Phi) is 37.8. The van der Waals surface area contributed by atoms with E-state index in [1.54, 1.807) is 0 Å². The van der Waals surface area contributed by atoms with Crippen LogP contribution in [0.2, 0.25) is 0 Å². The molecule has 0 aromatic carbocycles. The minimum absolute atomic E-state index is 0.402. The van der Waals surface area contributed by atoms with Crippen molar-refractivity contribution in [1.29, 1.82) is 0 Å². The quantitative estimate of drug-likeness (QED) is 0.0579. The Hall–Kier alpha value is -1.16. The lowest BCUT2D eigenvalue weighted by atomic mass is 10.1. The summed E-state index contributed by atoms with van der Waals surface area (Å²) in [6, 6.07) is 0. The topological polar surface area (TPSA) is 38.7 Å². The van der Waals surface area contributed by atoms with Crippen molar-refractivity contribution in [2.45, 2.75) is 180 Å². The number of rotatable bonds is 35. The molecule has 0 fully saturated rings. The molecule has 0 aliphatic carbocycles. The van der Waals surface area contributed by atoms with Crippen molar-refractivity contribution in [3.05, 3.63) is 48.6 Å². The summed E-state index contributed by atoms with van der Waals surface area (Å²) in [6.45, 7) is 7.17. The summed E-state index contributed by atoms with van der Waals surface area (Å²) < 4.78 is 11.4. The fourth-order valence-corrected chi connectivity index (χ4v) is 5.01. The maximum absolute atomic E-state index is 10.1. The van der Waals surface area contributed by atoms with Crippen LogP contribution in [0.5, 0.6) is 0 Å². The summed E-state index contributed by atoms with van der Waals surface area (Å²) in [4.78, 5) is 0. The first kappa shape index (κ1) is 41.8. The summed E-state index contributed by atoms with van der Waals surface area (Å²) in [6.07, 6.45) is 49.2. The zero-order chi connectivity index (χ0) is 31.2. The van der Waals surface area contributed by atoms with Crippen LogP contribution in [0.25, 0.3) is 0 Å². The number of hydrogen-bond donors (Lipinski definition) is 1. The van der Waals surface area contributed by atoms with E-state index in [0.29, 0.717) is 19.6 Å². The normalized spacial score (nSPS) is 13.1. The van der Waals surface area contributed by atoms with E-state index in [2.05, 4.69) is 62.5 Å². The molecule has 3 heteroatoms. The second-order valence-corrected chi connectivity index (χ2v) is 12.3. The van der Waals surface area contributed by atoms with Crippen molar-refractivity contribution < 1.29 is 14.6 Å². The van der Waals surface area contributed by atoms with Crippen molar-refractivity contribution in [3.63, 3.8) is 0 Å². The molecule has 1 unspecified atom stereocenters. The molecule has 0 aliphatic heterocycles. The lowest BCUT2D eigenvalue weighted by Crippen LogP contribution is -2.18. The van der Waals surface area contributed by atoms with Crippen LogP contribution >= 0.6 is 0 Å². The predicted octanol–water partition coefficient (Wildman–Crippen LogP) is 12.4. The highest BCUT2D eigenvalue weighted by atomic mass is 16.5. The lowest BCUT2D eigenvalue weighted by molar-refractivity contribution is 0.0121. The molecule has 0 saturated heterocycles. The van der Waals surface area contributed by atoms with Gasteiger partial charge in [-0.2, -0.15) is 0 Å². The van der Waals surface area contributed by atoms with E-state index >= 15 is 0 Å². The van der Waals surface area contributed by atoms with Gasteiger partial charge >= 0.3 is 0 Å². The van der Waals surface area contributed by atoms with Gasteiger partial charge in [-0.15, -0.1) is 0 Å². The molecule has 0 saturated carbocycles. The van der Waals surface area contributed by atoms with E-state index in [1.807, 2.05) is 0 Å². The fourth-order valence-electron chi connectivity index (χ4n) is 5.01. The molecule has 1 N–H and O–H groups in total. The van der Waals surface area contributed by atoms with Gasteiger partial charge in [0.2, 0.25) is 0 Å². The van der Waals surface area contributed by atoms with E-state index in [1.165, 1.54) is 128 Å². The number of aliphatic hydroxyl groups is 1. The zero-order valence-corrected chi connectivity index (χ0v) is 29.0. The summed E-state index contributed by atoms with van der Waals surface area (Å²) >= 11 is 0. The summed E-state index contributed by atoms with van der Waals surface area (Å²) in [5, 5.41) is 10.1. The number of ether oxygens (including phenoxy) is 2. The highest BCUT2D eigenvalue weighted by molar-refractivity contribution is 4.93. The Balaban J connectivity index is 3.25. The molecule has 0 radical (unpaired) electrons. The largest absolute Gasteiger partial charge is 0.391 e. The van der Waals surface area contributed by atoms with Gasteiger partial charge in [0.25, 0.3) is 0 Å². The molecule has 0 spiro atoms. The Bertz CT molecular complexity index is 621. The van der Waals surface area contributed by atoms with Crippen molar-refractivity contribution >= 4 is 0 Å². The van der Waals surface area contributed by atoms with Crippen LogP contribution in [-0.2, 0) is 9.47 Å². The number of hydrogen-bond acceptors (Lipinski definition) is 3. The van der Waals surface area contributed by atoms with Crippen LogP contribution in [0.1, 0.15) is 174 Å². The van der Waals surface area contributed by atoms with E-state index in [9.17, 15) is 5.11 Å². The molecular weight excluding hydrogens is 528 g/mol. The van der Waals surface area contributed by atoms with Crippen LogP contribution < -0.4 is 0 Å². The average Bonchev–Trinajstić information content (AvgIpc) is 3.01. The van der Waals surface area contributed by atoms with Crippen molar-refractivity contribution in [2.24, 2.45) is 0 Å². The molecule has 0 aliphatic rings. The molecule has 43 heavy (non-hydrogen) atoms. The third kappa shape index (κ3) is 38.8. The molecular formula is C40H74O3. The molecule has 0 aromatic rings. The Labute approximate surface area is 269 Å². The van der Waals surface area contributed by atoms with Gasteiger partial charge in [0.05, 0.1) is 12.7 Å². The molecule has 0 aromatic heterocycles. The number of aliphatic hydroxyl groups excluding tert-OH is 1. The summed E-state index contributed by atoms with van der Waals surface area (Å²) in [7, 11) is 0. The van der Waals surface area contributed by atoms with Crippen LogP contribution in [0.3, 0.4) is 0 Å². The first-order valence-corrected chi connectivity index (χ1v) is 18.7. The standard InChI is InChI=1S/C40H74O3/c1-3-5-7-9-11-13-15-17-19-21-23-25-27-29-31-33-36-42-38-35-40(41)39-43-37-34-32-30-28-26-24-22-20-18-16-14-12-10-8-6-4-2/h11-14,17-20,40-41H,3-10,15-16,21-39H2,1-2H3/b13-11-,14-12-,19-17-,20-18-. The van der Waals surface area contributed by atoms with Crippen LogP contribution in [-0.4, -0.2) is 37.6 Å². The number of allylic oxidation sites excluding steroid dienone is 8. The molecule has 1 atom stereocenters. The predicted molar refractivity (Wildman–Crippen MR) is 191 cm³/mol. The maximum Gasteiger partial charge on any atom is 0.0795 e. The molecule has 0 bridgehead atoms. The van der Waals surface area contributed by atoms with Gasteiger partial charge in [0, 0.05) is 19.8 Å². The minimum Gasteiger partial charge on any atom is -0.391 e. The Morgan fingerprint density at radius 2 is 0.791 bits per heavy atom. The Morgan fingerprint density at radius 3 is 1.23 bits per heavy atom. The molecule has 0 rings (SSSR count). The minimum atomic E-state index is -0.402. The third-order valence-electron chi connectivity index (χ3n) is 7.88. The zero-order valence-electron chi connectivity index (χ0n) is 29.0. The highest BCUT2D eigenvalue weighted by Gasteiger charge is 2.04. The van der Waals surface area contributed by atoms with Crippen LogP contribution in [0.4, 0.5) is 0 Å². The number of unbranched alkanes of at least 4 members (excludes halogenated alkanes) is 18. The van der Waals surface area contributed by atoms with E-state index < -0.39 is 6.10 Å². The summed E-state index contributed by atoms with van der Waals surface area (Å²) in [5.41, 5.74) is 0. The van der Waals surface area contributed by atoms with Gasteiger partial charge in [-0.3, -0.25) is 0 Å². The monoisotopic (exact) mass is 603 g/mol. The fraction of sp³-hybridized carbons (Fsp3) is 0.800. The van der Waals surface area contributed by atoms with Gasteiger partial charge in [-0.1, -0.05) is 140 Å². The van der Waals surface area contributed by atoms with Gasteiger partial charge in [-0.05, 0) is 83.5 Å². The molecule has 3 nitrogen and oxygen atoms in total. The van der Waals surface area contributed by atoms with Crippen molar-refractivity contribution in [2.75, 3.05) is 26.4 Å². The van der Waals surface area contributed by atoms with Crippen LogP contribution in [0.15, 0.2) is 48.6 Å². The molecule has 0 heterocycles. The highest BCUT2D eigenvalue weighted by Crippen LogP contribution is 2.10. The van der Waals surface area contributed by atoms with E-state index in [4.69, 9.17) is 9.47 Å². The van der Waals surface area contributed by atoms with Crippen LogP contribution in [0, 0.1) is 0 Å². The van der Waals surface area contributed by atoms with E-state index in [-0.39, 0.29) is 0 Å². The molecule has 0 amide bonds. The van der Waals surface area contributed by atoms with Gasteiger partial charge in [-0.25, -0.2) is 0 Å². The van der Waals surface area contributed by atoms with Gasteiger partial charge < -0.3 is 14.6 Å². The first-order chi connectivity index (χ1) is 21.3. The summed E-state index contributed by atoms with van der Waals surface area (Å²) in [5.74, 6) is 0. The smallest absolute Gasteiger partial charge is 0.0795 e. The third-order valence-corrected chi connectivity index (χ3v) is 7.88. The van der Waals surface area contributed by atoms with Crippen molar-refractivity contribution in [1.82, 2.24) is 0 Å². The SMILES string of the molecule is CCCCC/C=C\C/C=C\CCCCCCCCOCCC(O)COCCCCCCCC/C=C\C/C=C\CCCCC. The van der Waals surface area contributed by atoms with Gasteiger partial charge in [0.1, 0.15) is 0 Å². The second kappa shape index (κ2) is 38.9. The Morgan fingerprint density at radius 1 is 0.419 bits per heavy atom. The maximum atomic E-state index is 10.1. The average molecular weight is 603 g/mol. The molecule has 252 valence electrons. The lowest BCUT2D eigenvalue weighted by Gasteiger charge is -2.11. The second-order valence-electron chi connectivity index (χ2n) is 12.3.